The van der Waals surface area contributed by atoms with E-state index in [1.54, 1.807) is 0 Å². The van der Waals surface area contributed by atoms with Crippen LogP contribution >= 0.6 is 15.9 Å². The maximum atomic E-state index is 12.9. The van der Waals surface area contributed by atoms with E-state index < -0.39 is 46.4 Å². The first-order valence-corrected chi connectivity index (χ1v) is 6.71. The summed E-state index contributed by atoms with van der Waals surface area (Å²) in [4.78, 5) is 14.7. The fourth-order valence-corrected chi connectivity index (χ4v) is 2.03. The Morgan fingerprint density at radius 1 is 1.27 bits per heavy atom. The molecule has 0 bridgehead atoms. The van der Waals surface area contributed by atoms with E-state index in [2.05, 4.69) is 30.4 Å². The van der Waals surface area contributed by atoms with Crippen LogP contribution in [0.1, 0.15) is 28.4 Å². The van der Waals surface area contributed by atoms with Crippen molar-refractivity contribution in [2.24, 2.45) is 0 Å². The van der Waals surface area contributed by atoms with Crippen LogP contribution < -0.4 is 4.74 Å². The molecule has 0 aliphatic heterocycles. The van der Waals surface area contributed by atoms with Crippen LogP contribution in [0.4, 0.5) is 26.3 Å². The first kappa shape index (κ1) is 18.5. The summed E-state index contributed by atoms with van der Waals surface area (Å²) in [6.45, 7) is 1.09. The van der Waals surface area contributed by atoms with Gasteiger partial charge in [-0.15, -0.1) is 13.2 Å². The Balaban J connectivity index is 3.55. The first-order chi connectivity index (χ1) is 10.0. The zero-order valence-electron chi connectivity index (χ0n) is 10.8. The minimum atomic E-state index is -5.17. The summed E-state index contributed by atoms with van der Waals surface area (Å²) >= 11 is 2.72. The molecular weight excluding hydrogens is 388 g/mol. The van der Waals surface area contributed by atoms with Gasteiger partial charge in [-0.25, -0.2) is 9.78 Å². The molecule has 11 heteroatoms. The molecule has 0 fully saturated rings. The van der Waals surface area contributed by atoms with Gasteiger partial charge in [0.25, 0.3) is 0 Å². The van der Waals surface area contributed by atoms with Gasteiger partial charge in [-0.2, -0.15) is 13.2 Å². The highest BCUT2D eigenvalue weighted by atomic mass is 79.9. The van der Waals surface area contributed by atoms with Gasteiger partial charge in [-0.1, -0.05) is 15.9 Å². The Morgan fingerprint density at radius 3 is 2.27 bits per heavy atom. The van der Waals surface area contributed by atoms with Crippen LogP contribution in [-0.2, 0) is 16.2 Å². The lowest BCUT2D eigenvalue weighted by Gasteiger charge is -2.18. The zero-order chi connectivity index (χ0) is 17.1. The number of carbonyl (C=O) groups is 1. The van der Waals surface area contributed by atoms with Gasteiger partial charge in [0.15, 0.2) is 0 Å². The predicted molar refractivity (Wildman–Crippen MR) is 64.5 cm³/mol. The second-order valence-corrected chi connectivity index (χ2v) is 4.29. The molecule has 0 radical (unpaired) electrons. The van der Waals surface area contributed by atoms with Gasteiger partial charge in [0.2, 0.25) is 5.88 Å². The lowest BCUT2D eigenvalue weighted by molar-refractivity contribution is -0.276. The number of nitrogens with zero attached hydrogens (tertiary/aromatic N) is 1. The van der Waals surface area contributed by atoms with Crippen LogP contribution in [-0.4, -0.2) is 23.9 Å². The molecule has 0 aliphatic rings. The molecule has 0 unspecified atom stereocenters. The summed E-state index contributed by atoms with van der Waals surface area (Å²) in [6.07, 6.45) is -10.1. The molecule has 1 rings (SSSR count). The van der Waals surface area contributed by atoms with Gasteiger partial charge in [0.05, 0.1) is 17.7 Å². The number of halogens is 7. The molecule has 0 aliphatic carbocycles. The third-order valence-electron chi connectivity index (χ3n) is 2.27. The number of pyridine rings is 1. The molecule has 0 aromatic carbocycles. The third kappa shape index (κ3) is 4.49. The molecule has 1 aromatic rings. The normalized spacial score (nSPS) is 12.2. The van der Waals surface area contributed by atoms with Crippen LogP contribution in [0.15, 0.2) is 6.20 Å². The van der Waals surface area contributed by atoms with Crippen molar-refractivity contribution < 1.29 is 40.6 Å². The minimum Gasteiger partial charge on any atom is -0.462 e. The Morgan fingerprint density at radius 2 is 1.86 bits per heavy atom. The van der Waals surface area contributed by atoms with Crippen LogP contribution in [0.2, 0.25) is 0 Å². The smallest absolute Gasteiger partial charge is 0.462 e. The number of rotatable bonds is 4. The Kier molecular flexibility index (Phi) is 5.65. The number of ether oxygens (including phenoxy) is 2. The fourth-order valence-electron chi connectivity index (χ4n) is 1.51. The molecule has 4 nitrogen and oxygen atoms in total. The molecule has 0 spiro atoms. The number of esters is 1. The lowest BCUT2D eigenvalue weighted by Crippen LogP contribution is -2.23. The highest BCUT2D eigenvalue weighted by Crippen LogP contribution is 2.38. The van der Waals surface area contributed by atoms with E-state index in [1.165, 1.54) is 6.92 Å². The highest BCUT2D eigenvalue weighted by molar-refractivity contribution is 9.08. The molecule has 0 amide bonds. The quantitative estimate of drug-likeness (QED) is 0.438. The summed E-state index contributed by atoms with van der Waals surface area (Å²) in [5.41, 5.74) is -3.28. The van der Waals surface area contributed by atoms with Crippen LogP contribution in [0.25, 0.3) is 0 Å². The average Bonchev–Trinajstić information content (AvgIpc) is 2.35. The number of hydrogen-bond donors (Lipinski definition) is 0. The second kappa shape index (κ2) is 6.71. The zero-order valence-corrected chi connectivity index (χ0v) is 12.4. The number of hydrogen-bond acceptors (Lipinski definition) is 4. The van der Waals surface area contributed by atoms with Gasteiger partial charge in [-0.05, 0) is 6.92 Å². The molecular formula is C11H8BrF6NO3. The molecule has 0 N–H and O–H groups in total. The summed E-state index contributed by atoms with van der Waals surface area (Å²) in [7, 11) is 0. The Bertz CT molecular complexity index is 558. The Hall–Kier alpha value is -1.52. The molecule has 1 heterocycles. The molecule has 22 heavy (non-hydrogen) atoms. The largest absolute Gasteiger partial charge is 0.574 e. The van der Waals surface area contributed by atoms with E-state index in [4.69, 9.17) is 0 Å². The van der Waals surface area contributed by atoms with Gasteiger partial charge < -0.3 is 9.47 Å². The van der Waals surface area contributed by atoms with E-state index in [-0.39, 0.29) is 12.8 Å². The molecule has 1 aromatic heterocycles. The van der Waals surface area contributed by atoms with Crippen molar-refractivity contribution in [2.45, 2.75) is 24.8 Å². The lowest BCUT2D eigenvalue weighted by atomic mass is 10.0. The minimum absolute atomic E-state index is 0.0967. The van der Waals surface area contributed by atoms with Crippen LogP contribution in [0.5, 0.6) is 5.88 Å². The standard InChI is InChI=1S/C11H8BrF6NO3/c1-2-21-9(20)7-5(3-12)8(22-11(16,17)18)19-4-6(7)10(13,14)15/h4H,2-3H2,1H3. The third-order valence-corrected chi connectivity index (χ3v) is 2.83. The summed E-state index contributed by atoms with van der Waals surface area (Å²) in [5.74, 6) is -2.57. The Labute approximate surface area is 128 Å². The average molecular weight is 396 g/mol. The van der Waals surface area contributed by atoms with Crippen molar-refractivity contribution in [2.75, 3.05) is 6.61 Å². The molecule has 0 atom stereocenters. The summed E-state index contributed by atoms with van der Waals surface area (Å²) in [6, 6.07) is 0. The SMILES string of the molecule is CCOC(=O)c1c(C(F)(F)F)cnc(OC(F)(F)F)c1CBr. The van der Waals surface area contributed by atoms with Crippen LogP contribution in [0, 0.1) is 0 Å². The van der Waals surface area contributed by atoms with Gasteiger partial charge in [0, 0.05) is 17.1 Å². The maximum absolute atomic E-state index is 12.9. The molecule has 0 saturated heterocycles. The van der Waals surface area contributed by atoms with E-state index in [9.17, 15) is 31.1 Å². The van der Waals surface area contributed by atoms with Crippen molar-refractivity contribution in [3.63, 3.8) is 0 Å². The number of carbonyl (C=O) groups excluding carboxylic acids is 1. The van der Waals surface area contributed by atoms with Gasteiger partial charge in [0.1, 0.15) is 0 Å². The van der Waals surface area contributed by atoms with Crippen LogP contribution in [0.3, 0.4) is 0 Å². The number of alkyl halides is 7. The maximum Gasteiger partial charge on any atom is 0.574 e. The second-order valence-electron chi connectivity index (χ2n) is 3.73. The van der Waals surface area contributed by atoms with E-state index in [1.807, 2.05) is 0 Å². The monoisotopic (exact) mass is 395 g/mol. The van der Waals surface area contributed by atoms with Crippen molar-refractivity contribution in [1.82, 2.24) is 4.98 Å². The van der Waals surface area contributed by atoms with E-state index in [0.29, 0.717) is 0 Å². The molecule has 124 valence electrons. The first-order valence-electron chi connectivity index (χ1n) is 5.59. The summed E-state index contributed by atoms with van der Waals surface area (Å²) < 4.78 is 83.5. The van der Waals surface area contributed by atoms with E-state index >= 15 is 0 Å². The highest BCUT2D eigenvalue weighted by Gasteiger charge is 2.40. The number of aromatic nitrogens is 1. The topological polar surface area (TPSA) is 48.4 Å². The van der Waals surface area contributed by atoms with Crippen molar-refractivity contribution >= 4 is 21.9 Å². The van der Waals surface area contributed by atoms with Crippen molar-refractivity contribution in [3.8, 4) is 5.88 Å². The van der Waals surface area contributed by atoms with E-state index in [0.717, 1.165) is 0 Å². The van der Waals surface area contributed by atoms with Crippen molar-refractivity contribution in [1.29, 1.82) is 0 Å². The molecule has 0 saturated carbocycles. The van der Waals surface area contributed by atoms with Crippen molar-refractivity contribution in [3.05, 3.63) is 22.9 Å². The summed E-state index contributed by atoms with van der Waals surface area (Å²) in [5, 5.41) is -0.524. The predicted octanol–water partition coefficient (Wildman–Crippen LogP) is 4.07. The van der Waals surface area contributed by atoms with Gasteiger partial charge in [-0.3, -0.25) is 0 Å². The van der Waals surface area contributed by atoms with Gasteiger partial charge >= 0.3 is 18.5 Å². The fraction of sp³-hybridized carbons (Fsp3) is 0.455.